The van der Waals surface area contributed by atoms with Crippen LogP contribution in [0.1, 0.15) is 34.1 Å². The first kappa shape index (κ1) is 19.6. The Bertz CT molecular complexity index is 1030. The van der Waals surface area contributed by atoms with Crippen LogP contribution >= 0.6 is 11.3 Å². The summed E-state index contributed by atoms with van der Waals surface area (Å²) in [4.78, 5) is 30.6. The molecule has 0 saturated heterocycles. The molecule has 0 unspecified atom stereocenters. The van der Waals surface area contributed by atoms with Crippen molar-refractivity contribution in [1.29, 1.82) is 0 Å². The van der Waals surface area contributed by atoms with Crippen molar-refractivity contribution in [3.05, 3.63) is 82.1 Å². The van der Waals surface area contributed by atoms with E-state index in [0.717, 1.165) is 16.8 Å². The van der Waals surface area contributed by atoms with Gasteiger partial charge < -0.3 is 0 Å². The Morgan fingerprint density at radius 1 is 1.07 bits per heavy atom. The van der Waals surface area contributed by atoms with Gasteiger partial charge in [0, 0.05) is 17.9 Å². The highest BCUT2D eigenvalue weighted by Crippen LogP contribution is 2.33. The maximum absolute atomic E-state index is 13.0. The first-order chi connectivity index (χ1) is 13.4. The maximum atomic E-state index is 13.0. The lowest BCUT2D eigenvalue weighted by Gasteiger charge is -2.22. The second-order valence-corrected chi connectivity index (χ2v) is 7.19. The van der Waals surface area contributed by atoms with Crippen LogP contribution in [0.15, 0.2) is 53.9 Å². The zero-order valence-corrected chi connectivity index (χ0v) is 16.6. The van der Waals surface area contributed by atoms with Gasteiger partial charge in [0.25, 0.3) is 0 Å². The van der Waals surface area contributed by atoms with E-state index in [9.17, 15) is 14.0 Å². The molecule has 0 aliphatic carbocycles. The van der Waals surface area contributed by atoms with E-state index in [1.54, 1.807) is 16.4 Å². The number of carbonyl (C=O) groups excluding carboxylic acids is 2. The summed E-state index contributed by atoms with van der Waals surface area (Å²) in [5.74, 6) is -0.766. The molecule has 3 aromatic rings. The molecular formula is C22H19FN2O2S. The van der Waals surface area contributed by atoms with Crippen molar-refractivity contribution < 1.29 is 14.0 Å². The molecule has 0 saturated carbocycles. The quantitative estimate of drug-likeness (QED) is 0.425. The Morgan fingerprint density at radius 2 is 1.71 bits per heavy atom. The lowest BCUT2D eigenvalue weighted by atomic mass is 10.1. The standard InChI is InChI=1S/C22H19FN2O2S/c1-14-5-4-6-15(2)21(14)25(16(3)26)22-24-19(13-28-22)11-12-20(27)17-7-9-18(23)10-8-17/h4-13H,1-3H3/b12-11+. The second kappa shape index (κ2) is 8.27. The van der Waals surface area contributed by atoms with Crippen molar-refractivity contribution >= 4 is 39.9 Å². The molecule has 3 rings (SSSR count). The molecule has 0 fully saturated rings. The molecule has 0 aliphatic rings. The molecule has 1 heterocycles. The Labute approximate surface area is 167 Å². The third-order valence-electron chi connectivity index (χ3n) is 4.21. The van der Waals surface area contributed by atoms with Crippen molar-refractivity contribution in [3.63, 3.8) is 0 Å². The highest BCUT2D eigenvalue weighted by Gasteiger charge is 2.21. The number of aryl methyl sites for hydroxylation is 2. The van der Waals surface area contributed by atoms with Gasteiger partial charge in [0.15, 0.2) is 10.9 Å². The molecule has 1 amide bonds. The normalized spacial score (nSPS) is 11.0. The number of ketones is 1. The molecule has 0 atom stereocenters. The van der Waals surface area contributed by atoms with Gasteiger partial charge in [-0.25, -0.2) is 9.37 Å². The number of anilines is 2. The SMILES string of the molecule is CC(=O)N(c1nc(/C=C/C(=O)c2ccc(F)cc2)cs1)c1c(C)cccc1C. The van der Waals surface area contributed by atoms with Crippen molar-refractivity contribution in [2.24, 2.45) is 0 Å². The molecule has 0 bridgehead atoms. The number of allylic oxidation sites excluding steroid dienone is 1. The number of carbonyl (C=O) groups is 2. The Morgan fingerprint density at radius 3 is 2.32 bits per heavy atom. The summed E-state index contributed by atoms with van der Waals surface area (Å²) in [6.07, 6.45) is 2.98. The number of hydrogen-bond acceptors (Lipinski definition) is 4. The summed E-state index contributed by atoms with van der Waals surface area (Å²) in [6.45, 7) is 5.41. The highest BCUT2D eigenvalue weighted by molar-refractivity contribution is 7.14. The predicted octanol–water partition coefficient (Wildman–Crippen LogP) is 5.48. The number of benzene rings is 2. The minimum absolute atomic E-state index is 0.135. The summed E-state index contributed by atoms with van der Waals surface area (Å²) in [7, 11) is 0. The van der Waals surface area contributed by atoms with E-state index in [1.807, 2.05) is 32.0 Å². The smallest absolute Gasteiger partial charge is 0.230 e. The molecule has 6 heteroatoms. The van der Waals surface area contributed by atoms with Crippen molar-refractivity contribution in [2.75, 3.05) is 4.90 Å². The number of aromatic nitrogens is 1. The summed E-state index contributed by atoms with van der Waals surface area (Å²) < 4.78 is 13.0. The third kappa shape index (κ3) is 4.23. The van der Waals surface area contributed by atoms with Crippen LogP contribution in [0.3, 0.4) is 0 Å². The summed E-state index contributed by atoms with van der Waals surface area (Å²) in [5.41, 5.74) is 3.76. The molecule has 142 valence electrons. The van der Waals surface area contributed by atoms with E-state index in [-0.39, 0.29) is 17.5 Å². The molecule has 4 nitrogen and oxygen atoms in total. The highest BCUT2D eigenvalue weighted by atomic mass is 32.1. The van der Waals surface area contributed by atoms with Gasteiger partial charge in [-0.05, 0) is 61.4 Å². The fraction of sp³-hybridized carbons (Fsp3) is 0.136. The van der Waals surface area contributed by atoms with Gasteiger partial charge in [-0.15, -0.1) is 11.3 Å². The number of para-hydroxylation sites is 1. The number of amides is 1. The molecule has 0 radical (unpaired) electrons. The van der Waals surface area contributed by atoms with E-state index in [4.69, 9.17) is 0 Å². The number of hydrogen-bond donors (Lipinski definition) is 0. The van der Waals surface area contributed by atoms with Crippen LogP contribution in [-0.2, 0) is 4.79 Å². The molecule has 0 aliphatic heterocycles. The van der Waals surface area contributed by atoms with Crippen LogP contribution in [0.5, 0.6) is 0 Å². The summed E-state index contributed by atoms with van der Waals surface area (Å²) in [6, 6.07) is 11.2. The Hall–Kier alpha value is -3.12. The molecule has 1 aromatic heterocycles. The predicted molar refractivity (Wildman–Crippen MR) is 111 cm³/mol. The number of halogens is 1. The third-order valence-corrected chi connectivity index (χ3v) is 5.06. The number of nitrogens with zero attached hydrogens (tertiary/aromatic N) is 2. The van der Waals surface area contributed by atoms with Gasteiger partial charge in [-0.3, -0.25) is 14.5 Å². The first-order valence-electron chi connectivity index (χ1n) is 8.67. The second-order valence-electron chi connectivity index (χ2n) is 6.35. The van der Waals surface area contributed by atoms with Gasteiger partial charge in [-0.1, -0.05) is 18.2 Å². The minimum Gasteiger partial charge on any atom is -0.289 e. The van der Waals surface area contributed by atoms with E-state index in [1.165, 1.54) is 48.6 Å². The number of thiazole rings is 1. The van der Waals surface area contributed by atoms with Gasteiger partial charge in [0.05, 0.1) is 11.4 Å². The van der Waals surface area contributed by atoms with Crippen LogP contribution in [0, 0.1) is 19.7 Å². The van der Waals surface area contributed by atoms with E-state index < -0.39 is 0 Å². The Kier molecular flexibility index (Phi) is 5.80. The van der Waals surface area contributed by atoms with Crippen LogP contribution in [-0.4, -0.2) is 16.7 Å². The van der Waals surface area contributed by atoms with Crippen LogP contribution in [0.2, 0.25) is 0 Å². The van der Waals surface area contributed by atoms with Crippen molar-refractivity contribution in [1.82, 2.24) is 4.98 Å². The van der Waals surface area contributed by atoms with E-state index in [0.29, 0.717) is 16.4 Å². The lowest BCUT2D eigenvalue weighted by molar-refractivity contribution is -0.115. The number of rotatable bonds is 5. The molecular weight excluding hydrogens is 375 g/mol. The molecule has 28 heavy (non-hydrogen) atoms. The van der Waals surface area contributed by atoms with Crippen LogP contribution in [0.25, 0.3) is 6.08 Å². The average Bonchev–Trinajstić information content (AvgIpc) is 3.11. The van der Waals surface area contributed by atoms with Crippen LogP contribution < -0.4 is 4.90 Å². The molecule has 0 N–H and O–H groups in total. The largest absolute Gasteiger partial charge is 0.289 e. The van der Waals surface area contributed by atoms with Crippen molar-refractivity contribution in [3.8, 4) is 0 Å². The molecule has 0 spiro atoms. The zero-order chi connectivity index (χ0) is 20.3. The van der Waals surface area contributed by atoms with E-state index >= 15 is 0 Å². The average molecular weight is 394 g/mol. The first-order valence-corrected chi connectivity index (χ1v) is 9.55. The van der Waals surface area contributed by atoms with Crippen molar-refractivity contribution in [2.45, 2.75) is 20.8 Å². The zero-order valence-electron chi connectivity index (χ0n) is 15.8. The summed E-state index contributed by atoms with van der Waals surface area (Å²) in [5, 5.41) is 2.33. The Balaban J connectivity index is 1.86. The minimum atomic E-state index is -0.388. The monoisotopic (exact) mass is 394 g/mol. The lowest BCUT2D eigenvalue weighted by Crippen LogP contribution is -2.24. The van der Waals surface area contributed by atoms with Gasteiger partial charge in [0.2, 0.25) is 5.91 Å². The topological polar surface area (TPSA) is 50.3 Å². The van der Waals surface area contributed by atoms with Crippen LogP contribution in [0.4, 0.5) is 15.2 Å². The van der Waals surface area contributed by atoms with E-state index in [2.05, 4.69) is 4.98 Å². The summed E-state index contributed by atoms with van der Waals surface area (Å²) >= 11 is 1.33. The maximum Gasteiger partial charge on any atom is 0.230 e. The molecule has 2 aromatic carbocycles. The van der Waals surface area contributed by atoms with Gasteiger partial charge in [-0.2, -0.15) is 0 Å². The fourth-order valence-corrected chi connectivity index (χ4v) is 3.71. The van der Waals surface area contributed by atoms with Gasteiger partial charge >= 0.3 is 0 Å². The van der Waals surface area contributed by atoms with Gasteiger partial charge in [0.1, 0.15) is 5.82 Å². The fourth-order valence-electron chi connectivity index (χ4n) is 2.87.